The van der Waals surface area contributed by atoms with Gasteiger partial charge >= 0.3 is 11.9 Å². The Bertz CT molecular complexity index is 1430. The van der Waals surface area contributed by atoms with Crippen molar-refractivity contribution in [3.8, 4) is 11.5 Å². The number of nitrogens with zero attached hydrogens (tertiary/aromatic N) is 1. The third kappa shape index (κ3) is 4.57. The van der Waals surface area contributed by atoms with Gasteiger partial charge < -0.3 is 30.3 Å². The van der Waals surface area contributed by atoms with Crippen LogP contribution in [0, 0.1) is 13.8 Å². The lowest BCUT2D eigenvalue weighted by Crippen LogP contribution is -2.40. The third-order valence-corrected chi connectivity index (χ3v) is 5.68. The van der Waals surface area contributed by atoms with Gasteiger partial charge in [0.2, 0.25) is 5.43 Å². The maximum atomic E-state index is 13.1. The molecule has 2 amide bonds. The van der Waals surface area contributed by atoms with Crippen molar-refractivity contribution in [2.75, 3.05) is 20.0 Å². The van der Waals surface area contributed by atoms with Gasteiger partial charge in [0, 0.05) is 5.56 Å². The molecule has 0 radical (unpaired) electrons. The van der Waals surface area contributed by atoms with E-state index in [2.05, 4.69) is 25.1 Å². The van der Waals surface area contributed by atoms with Crippen LogP contribution in [0.1, 0.15) is 45.7 Å². The fraction of sp³-hybridized carbons (Fsp3) is 0.333. The second kappa shape index (κ2) is 10.0. The molecule has 0 unspecified atom stereocenters. The molecule has 0 spiro atoms. The molecule has 36 heavy (non-hydrogen) atoms. The number of nitrogens with one attached hydrogen (secondary N) is 2. The molecule has 2 atom stereocenters. The van der Waals surface area contributed by atoms with Crippen LogP contribution in [0.4, 0.5) is 5.69 Å². The maximum absolute atomic E-state index is 13.1. The second-order valence-electron chi connectivity index (χ2n) is 8.18. The molecule has 1 heterocycles. The summed E-state index contributed by atoms with van der Waals surface area (Å²) in [5.74, 6) is -2.85. The molecule has 1 aliphatic carbocycles. The minimum absolute atomic E-state index is 0.00107. The number of esters is 2. The normalized spacial score (nSPS) is 12.6. The highest BCUT2D eigenvalue weighted by molar-refractivity contribution is 6.09. The minimum Gasteiger partial charge on any atom is -0.467 e. The van der Waals surface area contributed by atoms with Gasteiger partial charge in [0.25, 0.3) is 11.8 Å². The lowest BCUT2D eigenvalue weighted by Gasteiger charge is -2.19. The Morgan fingerprint density at radius 3 is 2.08 bits per heavy atom. The van der Waals surface area contributed by atoms with Crippen LogP contribution in [0.15, 0.2) is 21.3 Å². The molecule has 4 N–H and O–H groups in total. The Morgan fingerprint density at radius 1 is 0.972 bits per heavy atom. The maximum Gasteiger partial charge on any atom is 0.328 e. The number of methoxy groups -OCH3 is 2. The monoisotopic (exact) mass is 498 g/mol. The number of fused-ring (bicyclic) bond motifs is 2. The molecular weight excluding hydrogens is 472 g/mol. The molecule has 190 valence electrons. The van der Waals surface area contributed by atoms with Gasteiger partial charge in [-0.1, -0.05) is 6.07 Å². The van der Waals surface area contributed by atoms with E-state index in [0.717, 1.165) is 0 Å². The molecule has 0 saturated carbocycles. The van der Waals surface area contributed by atoms with Crippen molar-refractivity contribution in [1.82, 2.24) is 15.6 Å². The Labute approximate surface area is 205 Å². The van der Waals surface area contributed by atoms with Crippen LogP contribution in [0.25, 0.3) is 22.6 Å². The van der Waals surface area contributed by atoms with E-state index in [1.165, 1.54) is 41.1 Å². The zero-order valence-corrected chi connectivity index (χ0v) is 20.6. The van der Waals surface area contributed by atoms with Crippen LogP contribution < -0.4 is 21.8 Å². The summed E-state index contributed by atoms with van der Waals surface area (Å²) < 4.78 is 15.3. The molecule has 3 rings (SSSR count). The predicted octanol–water partition coefficient (Wildman–Crippen LogP) is 1.07. The Kier molecular flexibility index (Phi) is 7.27. The molecular formula is C24H26N4O8. The van der Waals surface area contributed by atoms with E-state index in [1.807, 2.05) is 0 Å². The Balaban J connectivity index is 2.28. The molecule has 0 fully saturated rings. The number of aryl methyl sites for hydroxylation is 1. The van der Waals surface area contributed by atoms with Crippen LogP contribution in [-0.2, 0) is 19.1 Å². The van der Waals surface area contributed by atoms with Crippen molar-refractivity contribution in [3.63, 3.8) is 0 Å². The molecule has 2 aliphatic rings. The molecule has 1 aliphatic heterocycles. The first kappa shape index (κ1) is 26.1. The fourth-order valence-corrected chi connectivity index (χ4v) is 3.62. The molecule has 12 heteroatoms. The van der Waals surface area contributed by atoms with Gasteiger partial charge in [-0.25, -0.2) is 14.6 Å². The number of hydrogen-bond donors (Lipinski definition) is 3. The quantitative estimate of drug-likeness (QED) is 0.253. The first-order valence-corrected chi connectivity index (χ1v) is 10.9. The number of nitrogens with two attached hydrogens (primary N) is 1. The van der Waals surface area contributed by atoms with E-state index < -0.39 is 47.0 Å². The minimum atomic E-state index is -1.05. The van der Waals surface area contributed by atoms with Gasteiger partial charge in [-0.3, -0.25) is 14.4 Å². The molecule has 0 bridgehead atoms. The summed E-state index contributed by atoms with van der Waals surface area (Å²) in [6, 6.07) is 1.11. The lowest BCUT2D eigenvalue weighted by atomic mass is 9.99. The van der Waals surface area contributed by atoms with E-state index in [1.54, 1.807) is 13.0 Å². The Morgan fingerprint density at radius 2 is 1.53 bits per heavy atom. The summed E-state index contributed by atoms with van der Waals surface area (Å²) in [6.07, 6.45) is 0. The average Bonchev–Trinajstić information content (AvgIpc) is 2.85. The number of benzene rings is 2. The highest BCUT2D eigenvalue weighted by Gasteiger charge is 2.30. The zero-order chi connectivity index (χ0) is 26.9. The summed E-state index contributed by atoms with van der Waals surface area (Å²) >= 11 is 0. The summed E-state index contributed by atoms with van der Waals surface area (Å²) in [7, 11) is 2.36. The number of aromatic nitrogens is 1. The van der Waals surface area contributed by atoms with Crippen LogP contribution in [-0.4, -0.2) is 55.0 Å². The lowest BCUT2D eigenvalue weighted by molar-refractivity contribution is -0.143. The van der Waals surface area contributed by atoms with Crippen molar-refractivity contribution in [1.29, 1.82) is 0 Å². The van der Waals surface area contributed by atoms with Gasteiger partial charge in [-0.05, 0) is 39.3 Å². The summed E-state index contributed by atoms with van der Waals surface area (Å²) in [5.41, 5.74) is 5.64. The van der Waals surface area contributed by atoms with Crippen molar-refractivity contribution >= 4 is 40.5 Å². The first-order chi connectivity index (χ1) is 16.9. The van der Waals surface area contributed by atoms with Gasteiger partial charge in [-0.2, -0.15) is 0 Å². The highest BCUT2D eigenvalue weighted by Crippen LogP contribution is 2.34. The van der Waals surface area contributed by atoms with E-state index in [-0.39, 0.29) is 39.2 Å². The van der Waals surface area contributed by atoms with Crippen molar-refractivity contribution in [2.45, 2.75) is 39.8 Å². The summed E-state index contributed by atoms with van der Waals surface area (Å²) in [6.45, 7) is 6.04. The molecule has 0 aromatic heterocycles. The SMILES string of the molecule is COC(=O)[C@H](C)NC(=O)c1ccc(C)c2oc3c(C)c(=O)c(N)c(C(=O)N[C@H](C)C(=O)OC)c-3nc12. The van der Waals surface area contributed by atoms with Crippen LogP contribution in [0.2, 0.25) is 0 Å². The van der Waals surface area contributed by atoms with Crippen LogP contribution in [0.3, 0.4) is 0 Å². The van der Waals surface area contributed by atoms with Crippen LogP contribution in [0.5, 0.6) is 0 Å². The zero-order valence-electron chi connectivity index (χ0n) is 20.6. The number of carbonyl (C=O) groups is 4. The number of rotatable bonds is 6. The van der Waals surface area contributed by atoms with Crippen molar-refractivity contribution in [2.24, 2.45) is 0 Å². The van der Waals surface area contributed by atoms with E-state index in [0.29, 0.717) is 5.56 Å². The number of nitrogen functional groups attached to an aromatic ring is 1. The molecule has 12 nitrogen and oxygen atoms in total. The first-order valence-electron chi connectivity index (χ1n) is 10.9. The summed E-state index contributed by atoms with van der Waals surface area (Å²) in [4.78, 5) is 67.0. The number of amides is 2. The van der Waals surface area contributed by atoms with Gasteiger partial charge in [0.15, 0.2) is 11.3 Å². The number of carbonyl (C=O) groups excluding carboxylic acids is 4. The van der Waals surface area contributed by atoms with Crippen molar-refractivity contribution < 1.29 is 33.1 Å². The molecule has 0 saturated heterocycles. The van der Waals surface area contributed by atoms with Crippen molar-refractivity contribution in [3.05, 3.63) is 44.6 Å². The highest BCUT2D eigenvalue weighted by atomic mass is 16.5. The summed E-state index contributed by atoms with van der Waals surface area (Å²) in [5, 5.41) is 4.94. The van der Waals surface area contributed by atoms with Gasteiger partial charge in [0.1, 0.15) is 23.3 Å². The van der Waals surface area contributed by atoms with E-state index in [9.17, 15) is 24.0 Å². The average molecular weight is 498 g/mol. The van der Waals surface area contributed by atoms with Gasteiger partial charge in [0.05, 0.1) is 31.0 Å². The second-order valence-corrected chi connectivity index (χ2v) is 8.18. The van der Waals surface area contributed by atoms with Crippen LogP contribution >= 0.6 is 0 Å². The van der Waals surface area contributed by atoms with E-state index >= 15 is 0 Å². The van der Waals surface area contributed by atoms with E-state index in [4.69, 9.17) is 10.2 Å². The predicted molar refractivity (Wildman–Crippen MR) is 129 cm³/mol. The number of hydrogen-bond acceptors (Lipinski definition) is 10. The molecule has 1 aromatic rings. The fourth-order valence-electron chi connectivity index (χ4n) is 3.62. The third-order valence-electron chi connectivity index (χ3n) is 5.68. The smallest absolute Gasteiger partial charge is 0.328 e. The topological polar surface area (TPSA) is 180 Å². The number of anilines is 1. The number of ether oxygens (including phenoxy) is 2. The molecule has 1 aromatic carbocycles. The Hall–Kier alpha value is -4.48. The standard InChI is InChI=1S/C24H26N4O8/c1-9-7-8-13(21(30)26-11(3)23(32)34-5)16-19(9)36-20-10(2)18(29)15(25)14(17(20)28-16)22(31)27-12(4)24(33)35-6/h7-8,11-12H,25H2,1-6H3,(H,26,30)(H,27,31)/t11-,12+/m0/s1. The largest absolute Gasteiger partial charge is 0.467 e. The van der Waals surface area contributed by atoms with Gasteiger partial charge in [-0.15, -0.1) is 0 Å².